The minimum absolute atomic E-state index is 0.194. The van der Waals surface area contributed by atoms with E-state index in [9.17, 15) is 4.39 Å². The van der Waals surface area contributed by atoms with Crippen molar-refractivity contribution in [3.05, 3.63) is 29.6 Å². The van der Waals surface area contributed by atoms with Crippen molar-refractivity contribution in [1.29, 1.82) is 0 Å². The molecule has 88 valence electrons. The predicted octanol–water partition coefficient (Wildman–Crippen LogP) is 2.48. The van der Waals surface area contributed by atoms with Gasteiger partial charge in [0.25, 0.3) is 0 Å². The molecule has 1 aliphatic rings. The Bertz CT molecular complexity index is 346. The molecule has 0 spiro atoms. The summed E-state index contributed by atoms with van der Waals surface area (Å²) < 4.78 is 13.0. The van der Waals surface area contributed by atoms with E-state index in [4.69, 9.17) is 5.73 Å². The van der Waals surface area contributed by atoms with Gasteiger partial charge in [0, 0.05) is 11.7 Å². The lowest BCUT2D eigenvalue weighted by atomic mass is 9.97. The first-order valence-electron chi connectivity index (χ1n) is 6.03. The maximum atomic E-state index is 13.0. The van der Waals surface area contributed by atoms with E-state index in [0.717, 1.165) is 24.9 Å². The van der Waals surface area contributed by atoms with Gasteiger partial charge in [0.15, 0.2) is 0 Å². The van der Waals surface area contributed by atoms with Crippen LogP contribution in [0.1, 0.15) is 31.2 Å². The van der Waals surface area contributed by atoms with Crippen LogP contribution in [0.5, 0.6) is 0 Å². The molecule has 1 unspecified atom stereocenters. The van der Waals surface area contributed by atoms with Gasteiger partial charge in [-0.25, -0.2) is 4.39 Å². The molecule has 1 fully saturated rings. The summed E-state index contributed by atoms with van der Waals surface area (Å²) >= 11 is 0. The summed E-state index contributed by atoms with van der Waals surface area (Å²) in [5.74, 6) is -0.194. The number of benzene rings is 1. The Morgan fingerprint density at radius 1 is 1.38 bits per heavy atom. The normalized spacial score (nSPS) is 20.9. The fourth-order valence-corrected chi connectivity index (χ4v) is 2.29. The zero-order valence-corrected chi connectivity index (χ0v) is 9.51. The van der Waals surface area contributed by atoms with Gasteiger partial charge < -0.3 is 11.1 Å². The van der Waals surface area contributed by atoms with E-state index in [-0.39, 0.29) is 5.82 Å². The molecule has 0 bridgehead atoms. The third kappa shape index (κ3) is 2.95. The number of rotatable bonds is 3. The maximum absolute atomic E-state index is 13.0. The highest BCUT2D eigenvalue weighted by Crippen LogP contribution is 2.18. The van der Waals surface area contributed by atoms with Crippen LogP contribution in [0.2, 0.25) is 0 Å². The number of hydrogen-bond donors (Lipinski definition) is 2. The third-order valence-corrected chi connectivity index (χ3v) is 3.28. The number of anilines is 1. The number of nitrogen functional groups attached to an aromatic ring is 1. The van der Waals surface area contributed by atoms with E-state index >= 15 is 0 Å². The quantitative estimate of drug-likeness (QED) is 0.771. The van der Waals surface area contributed by atoms with Crippen molar-refractivity contribution in [3.8, 4) is 0 Å². The highest BCUT2D eigenvalue weighted by atomic mass is 19.1. The van der Waals surface area contributed by atoms with E-state index < -0.39 is 0 Å². The van der Waals surface area contributed by atoms with Gasteiger partial charge in [0.2, 0.25) is 0 Å². The second kappa shape index (κ2) is 5.30. The van der Waals surface area contributed by atoms with E-state index in [1.54, 1.807) is 12.1 Å². The lowest BCUT2D eigenvalue weighted by molar-refractivity contribution is 0.383. The Kier molecular flexibility index (Phi) is 3.78. The summed E-state index contributed by atoms with van der Waals surface area (Å²) in [6.07, 6.45) is 5.72. The Hall–Kier alpha value is -1.09. The average molecular weight is 222 g/mol. The van der Waals surface area contributed by atoms with Crippen molar-refractivity contribution < 1.29 is 4.39 Å². The fraction of sp³-hybridized carbons (Fsp3) is 0.538. The minimum atomic E-state index is -0.194. The van der Waals surface area contributed by atoms with Crippen molar-refractivity contribution in [3.63, 3.8) is 0 Å². The van der Waals surface area contributed by atoms with Crippen LogP contribution in [0.4, 0.5) is 10.1 Å². The molecule has 0 amide bonds. The molecule has 1 aromatic carbocycles. The van der Waals surface area contributed by atoms with Gasteiger partial charge in [0.05, 0.1) is 0 Å². The molecule has 1 atom stereocenters. The van der Waals surface area contributed by atoms with Crippen LogP contribution < -0.4 is 11.1 Å². The summed E-state index contributed by atoms with van der Waals surface area (Å²) in [7, 11) is 0. The molecule has 16 heavy (non-hydrogen) atoms. The van der Waals surface area contributed by atoms with Crippen LogP contribution >= 0.6 is 0 Å². The molecule has 1 aromatic rings. The van der Waals surface area contributed by atoms with Crippen LogP contribution in [0.15, 0.2) is 18.2 Å². The first-order chi connectivity index (χ1) is 7.75. The van der Waals surface area contributed by atoms with Crippen LogP contribution in [0.25, 0.3) is 0 Å². The fourth-order valence-electron chi connectivity index (χ4n) is 2.29. The van der Waals surface area contributed by atoms with Gasteiger partial charge >= 0.3 is 0 Å². The minimum Gasteiger partial charge on any atom is -0.399 e. The van der Waals surface area contributed by atoms with Gasteiger partial charge in [-0.1, -0.05) is 6.42 Å². The monoisotopic (exact) mass is 222 g/mol. The van der Waals surface area contributed by atoms with Crippen molar-refractivity contribution >= 4 is 5.69 Å². The molecular weight excluding hydrogens is 203 g/mol. The number of nitrogens with one attached hydrogen (secondary N) is 1. The molecule has 0 aromatic heterocycles. The third-order valence-electron chi connectivity index (χ3n) is 3.28. The molecule has 0 radical (unpaired) electrons. The van der Waals surface area contributed by atoms with Crippen LogP contribution in [0.3, 0.4) is 0 Å². The maximum Gasteiger partial charge on any atom is 0.123 e. The Balaban J connectivity index is 1.90. The predicted molar refractivity (Wildman–Crippen MR) is 64.8 cm³/mol. The summed E-state index contributed by atoms with van der Waals surface area (Å²) in [5, 5.41) is 3.49. The summed E-state index contributed by atoms with van der Waals surface area (Å²) in [6, 6.07) is 5.20. The molecular formula is C13H19FN2. The number of piperidine rings is 1. The van der Waals surface area contributed by atoms with Crippen molar-refractivity contribution in [1.82, 2.24) is 5.32 Å². The van der Waals surface area contributed by atoms with E-state index in [1.165, 1.54) is 25.3 Å². The zero-order chi connectivity index (χ0) is 11.4. The van der Waals surface area contributed by atoms with E-state index in [1.807, 2.05) is 0 Å². The van der Waals surface area contributed by atoms with E-state index in [0.29, 0.717) is 11.7 Å². The molecule has 1 saturated heterocycles. The summed E-state index contributed by atoms with van der Waals surface area (Å²) in [5.41, 5.74) is 7.46. The molecule has 0 aliphatic carbocycles. The smallest absolute Gasteiger partial charge is 0.123 e. The number of halogens is 1. The second-order valence-corrected chi connectivity index (χ2v) is 4.53. The largest absolute Gasteiger partial charge is 0.399 e. The number of hydrogen-bond acceptors (Lipinski definition) is 2. The molecule has 3 N–H and O–H groups in total. The van der Waals surface area contributed by atoms with Gasteiger partial charge in [-0.05, 0) is 56.0 Å². The highest BCUT2D eigenvalue weighted by Gasteiger charge is 2.12. The van der Waals surface area contributed by atoms with Crippen molar-refractivity contribution in [2.24, 2.45) is 0 Å². The zero-order valence-electron chi connectivity index (χ0n) is 9.51. The van der Waals surface area contributed by atoms with Gasteiger partial charge in [0.1, 0.15) is 5.82 Å². The Morgan fingerprint density at radius 3 is 3.00 bits per heavy atom. The second-order valence-electron chi connectivity index (χ2n) is 4.53. The van der Waals surface area contributed by atoms with Crippen LogP contribution in [0, 0.1) is 5.82 Å². The lowest BCUT2D eigenvalue weighted by Crippen LogP contribution is -2.34. The molecule has 1 aliphatic heterocycles. The van der Waals surface area contributed by atoms with Gasteiger partial charge in [-0.15, -0.1) is 0 Å². The molecule has 1 heterocycles. The van der Waals surface area contributed by atoms with E-state index in [2.05, 4.69) is 5.32 Å². The summed E-state index contributed by atoms with van der Waals surface area (Å²) in [4.78, 5) is 0. The van der Waals surface area contributed by atoms with Crippen molar-refractivity contribution in [2.75, 3.05) is 12.3 Å². The standard InChI is InChI=1S/C13H19FN2/c14-11-5-7-13(15)10(9-11)4-6-12-3-1-2-8-16-12/h5,7,9,12,16H,1-4,6,8,15H2. The average Bonchev–Trinajstić information content (AvgIpc) is 2.32. The number of aryl methyl sites for hydroxylation is 1. The van der Waals surface area contributed by atoms with Gasteiger partial charge in [-0.3, -0.25) is 0 Å². The Morgan fingerprint density at radius 2 is 2.25 bits per heavy atom. The molecule has 2 rings (SSSR count). The topological polar surface area (TPSA) is 38.0 Å². The lowest BCUT2D eigenvalue weighted by Gasteiger charge is -2.23. The van der Waals surface area contributed by atoms with Crippen molar-refractivity contribution in [2.45, 2.75) is 38.1 Å². The molecule has 3 heteroatoms. The molecule has 0 saturated carbocycles. The van der Waals surface area contributed by atoms with Crippen LogP contribution in [-0.2, 0) is 6.42 Å². The highest BCUT2D eigenvalue weighted by molar-refractivity contribution is 5.46. The summed E-state index contributed by atoms with van der Waals surface area (Å²) in [6.45, 7) is 1.11. The SMILES string of the molecule is Nc1ccc(F)cc1CCC1CCCCN1. The van der Waals surface area contributed by atoms with Gasteiger partial charge in [-0.2, -0.15) is 0 Å². The van der Waals surface area contributed by atoms with Crippen LogP contribution in [-0.4, -0.2) is 12.6 Å². The first-order valence-corrected chi connectivity index (χ1v) is 6.03. The number of nitrogens with two attached hydrogens (primary N) is 1. The first kappa shape index (κ1) is 11.4. The molecule has 2 nitrogen and oxygen atoms in total. The Labute approximate surface area is 96.0 Å².